The lowest BCUT2D eigenvalue weighted by atomic mass is 9.43. The maximum Gasteiger partial charge on any atom is 0.309 e. The number of Topliss-reactive ketones (excluding diaryl/α,β-unsaturated/α-hetero) is 1. The van der Waals surface area contributed by atoms with E-state index >= 15 is 0 Å². The van der Waals surface area contributed by atoms with E-state index in [1.54, 1.807) is 0 Å². The molecule has 1 unspecified atom stereocenters. The van der Waals surface area contributed by atoms with Gasteiger partial charge in [-0.25, -0.2) is 0 Å². The van der Waals surface area contributed by atoms with Crippen molar-refractivity contribution < 1.29 is 29.0 Å². The molecule has 1 aliphatic heterocycles. The van der Waals surface area contributed by atoms with Crippen molar-refractivity contribution in [1.29, 1.82) is 0 Å². The molecule has 0 radical (unpaired) electrons. The molecule has 0 spiro atoms. The molecule has 3 rings (SSSR count). The minimum Gasteiger partial charge on any atom is -0.469 e. The first kappa shape index (κ1) is 16.4. The number of aliphatic hydroxyl groups excluding tert-OH is 1. The Morgan fingerprint density at radius 3 is 2.61 bits per heavy atom. The number of fused-ring (bicyclic) bond motifs is 3. The summed E-state index contributed by atoms with van der Waals surface area (Å²) in [4.78, 5) is 37.3. The molecule has 23 heavy (non-hydrogen) atoms. The summed E-state index contributed by atoms with van der Waals surface area (Å²) in [7, 11) is 1.33. The Balaban J connectivity index is 2.08. The normalized spacial score (nSPS) is 46.4. The standard InChI is InChI=1S/C17H24O6/c1-16-5-4-9-15(21)23-7-6-17(9,2)13(16)12(19)11(18)8-10(16)14(20)22-3/h9-11,13,18H,4-8H2,1-3H3/t9?,10-,11-,13-,16-,17-/m0/s1. The number of aliphatic hydroxyl groups is 1. The summed E-state index contributed by atoms with van der Waals surface area (Å²) in [5, 5.41) is 10.2. The number of hydrogen-bond donors (Lipinski definition) is 1. The summed E-state index contributed by atoms with van der Waals surface area (Å²) in [6.45, 7) is 4.15. The molecule has 2 saturated carbocycles. The first-order valence-corrected chi connectivity index (χ1v) is 8.22. The largest absolute Gasteiger partial charge is 0.469 e. The van der Waals surface area contributed by atoms with Crippen molar-refractivity contribution in [3.8, 4) is 0 Å². The van der Waals surface area contributed by atoms with E-state index in [4.69, 9.17) is 9.47 Å². The minimum absolute atomic E-state index is 0.101. The summed E-state index contributed by atoms with van der Waals surface area (Å²) in [5.74, 6) is -2.29. The second-order valence-corrected chi connectivity index (χ2v) is 7.68. The molecule has 3 aliphatic rings. The number of ketones is 1. The van der Waals surface area contributed by atoms with E-state index in [9.17, 15) is 19.5 Å². The lowest BCUT2D eigenvalue weighted by molar-refractivity contribution is -0.199. The van der Waals surface area contributed by atoms with Gasteiger partial charge in [-0.15, -0.1) is 0 Å². The van der Waals surface area contributed by atoms with Gasteiger partial charge in [-0.05, 0) is 36.5 Å². The highest BCUT2D eigenvalue weighted by atomic mass is 16.5. The van der Waals surface area contributed by atoms with Crippen molar-refractivity contribution in [2.75, 3.05) is 13.7 Å². The molecular weight excluding hydrogens is 300 g/mol. The van der Waals surface area contributed by atoms with Crippen LogP contribution in [0.5, 0.6) is 0 Å². The van der Waals surface area contributed by atoms with Crippen LogP contribution in [0, 0.1) is 28.6 Å². The Kier molecular flexibility index (Phi) is 3.78. The third-order valence-corrected chi connectivity index (χ3v) is 6.61. The van der Waals surface area contributed by atoms with Gasteiger partial charge in [-0.2, -0.15) is 0 Å². The molecule has 128 valence electrons. The molecular formula is C17H24O6. The minimum atomic E-state index is -1.18. The average molecular weight is 324 g/mol. The molecule has 0 aromatic rings. The molecule has 6 atom stereocenters. The van der Waals surface area contributed by atoms with Crippen molar-refractivity contribution in [2.24, 2.45) is 28.6 Å². The third kappa shape index (κ3) is 2.14. The number of carbonyl (C=O) groups excluding carboxylic acids is 3. The van der Waals surface area contributed by atoms with E-state index in [2.05, 4.69) is 0 Å². The number of esters is 2. The highest BCUT2D eigenvalue weighted by molar-refractivity contribution is 5.91. The fourth-order valence-electron chi connectivity index (χ4n) is 5.40. The molecule has 1 N–H and O–H groups in total. The van der Waals surface area contributed by atoms with Crippen LogP contribution in [0.2, 0.25) is 0 Å². The number of cyclic esters (lactones) is 1. The maximum atomic E-state index is 12.8. The van der Waals surface area contributed by atoms with Crippen LogP contribution >= 0.6 is 0 Å². The Hall–Kier alpha value is -1.43. The van der Waals surface area contributed by atoms with E-state index in [0.29, 0.717) is 19.3 Å². The number of methoxy groups -OCH3 is 1. The number of hydrogen-bond acceptors (Lipinski definition) is 6. The van der Waals surface area contributed by atoms with Gasteiger partial charge in [0.2, 0.25) is 0 Å². The van der Waals surface area contributed by atoms with Gasteiger partial charge in [0.05, 0.1) is 25.6 Å². The molecule has 0 aromatic carbocycles. The van der Waals surface area contributed by atoms with Crippen LogP contribution in [0.4, 0.5) is 0 Å². The topological polar surface area (TPSA) is 89.9 Å². The lowest BCUT2D eigenvalue weighted by Crippen LogP contribution is -2.64. The zero-order valence-electron chi connectivity index (χ0n) is 13.8. The van der Waals surface area contributed by atoms with Crippen LogP contribution in [0.3, 0.4) is 0 Å². The van der Waals surface area contributed by atoms with Crippen LogP contribution in [-0.4, -0.2) is 42.6 Å². The maximum absolute atomic E-state index is 12.8. The summed E-state index contributed by atoms with van der Waals surface area (Å²) in [5.41, 5.74) is -1.17. The van der Waals surface area contributed by atoms with Crippen LogP contribution < -0.4 is 0 Å². The Morgan fingerprint density at radius 2 is 1.96 bits per heavy atom. The van der Waals surface area contributed by atoms with Crippen molar-refractivity contribution in [1.82, 2.24) is 0 Å². The zero-order chi connectivity index (χ0) is 17.0. The first-order valence-electron chi connectivity index (χ1n) is 8.22. The Labute approximate surface area is 135 Å². The summed E-state index contributed by atoms with van der Waals surface area (Å²) >= 11 is 0. The van der Waals surface area contributed by atoms with Gasteiger partial charge < -0.3 is 14.6 Å². The third-order valence-electron chi connectivity index (χ3n) is 6.61. The smallest absolute Gasteiger partial charge is 0.309 e. The van der Waals surface area contributed by atoms with Crippen molar-refractivity contribution in [3.63, 3.8) is 0 Å². The first-order chi connectivity index (χ1) is 10.8. The van der Waals surface area contributed by atoms with Gasteiger partial charge in [0.1, 0.15) is 6.10 Å². The summed E-state index contributed by atoms with van der Waals surface area (Å²) in [6, 6.07) is 0. The quantitative estimate of drug-likeness (QED) is 0.726. The van der Waals surface area contributed by atoms with Gasteiger partial charge in [-0.1, -0.05) is 13.8 Å². The van der Waals surface area contributed by atoms with E-state index in [-0.39, 0.29) is 36.7 Å². The van der Waals surface area contributed by atoms with Crippen molar-refractivity contribution >= 4 is 17.7 Å². The number of carbonyl (C=O) groups is 3. The van der Waals surface area contributed by atoms with Crippen molar-refractivity contribution in [2.45, 2.75) is 45.6 Å². The molecule has 1 saturated heterocycles. The summed E-state index contributed by atoms with van der Waals surface area (Å²) in [6.07, 6.45) is 0.676. The van der Waals surface area contributed by atoms with E-state index < -0.39 is 28.8 Å². The summed E-state index contributed by atoms with van der Waals surface area (Å²) < 4.78 is 10.1. The van der Waals surface area contributed by atoms with Crippen LogP contribution in [0.25, 0.3) is 0 Å². The lowest BCUT2D eigenvalue weighted by Gasteiger charge is -2.60. The monoisotopic (exact) mass is 324 g/mol. The highest BCUT2D eigenvalue weighted by Gasteiger charge is 2.66. The van der Waals surface area contributed by atoms with Crippen molar-refractivity contribution in [3.05, 3.63) is 0 Å². The molecule has 2 aliphatic carbocycles. The average Bonchev–Trinajstić information content (AvgIpc) is 2.49. The van der Waals surface area contributed by atoms with Gasteiger partial charge in [-0.3, -0.25) is 14.4 Å². The van der Waals surface area contributed by atoms with E-state index in [0.717, 1.165) is 0 Å². The van der Waals surface area contributed by atoms with Gasteiger partial charge >= 0.3 is 11.9 Å². The number of rotatable bonds is 1. The second-order valence-electron chi connectivity index (χ2n) is 7.68. The molecule has 1 heterocycles. The van der Waals surface area contributed by atoms with E-state index in [1.807, 2.05) is 13.8 Å². The molecule has 0 aromatic heterocycles. The molecule has 3 fully saturated rings. The number of ether oxygens (including phenoxy) is 2. The predicted octanol–water partition coefficient (Wildman–Crippen LogP) is 1.09. The van der Waals surface area contributed by atoms with Gasteiger partial charge in [0.15, 0.2) is 5.78 Å². The molecule has 0 bridgehead atoms. The SMILES string of the molecule is COC(=O)[C@@H]1C[C@H](O)C(=O)[C@H]2[C@@]1(C)CCC1C(=O)OCC[C@@]12C. The fraction of sp³-hybridized carbons (Fsp3) is 0.824. The Bertz CT molecular complexity index is 557. The van der Waals surface area contributed by atoms with E-state index in [1.165, 1.54) is 7.11 Å². The highest BCUT2D eigenvalue weighted by Crippen LogP contribution is 2.63. The van der Waals surface area contributed by atoms with Crippen LogP contribution in [0.15, 0.2) is 0 Å². The fourth-order valence-corrected chi connectivity index (χ4v) is 5.40. The van der Waals surface area contributed by atoms with Crippen LogP contribution in [-0.2, 0) is 23.9 Å². The van der Waals surface area contributed by atoms with Gasteiger partial charge in [0, 0.05) is 5.92 Å². The molecule has 6 nitrogen and oxygen atoms in total. The molecule has 6 heteroatoms. The van der Waals surface area contributed by atoms with Gasteiger partial charge in [0.25, 0.3) is 0 Å². The molecule has 0 amide bonds. The zero-order valence-corrected chi connectivity index (χ0v) is 13.8. The predicted molar refractivity (Wildman–Crippen MR) is 79.1 cm³/mol. The van der Waals surface area contributed by atoms with Crippen LogP contribution in [0.1, 0.15) is 39.5 Å². The Morgan fingerprint density at radius 1 is 1.26 bits per heavy atom. The second kappa shape index (κ2) is 5.30.